The molecule has 6 rings (SSSR count). The Hall–Kier alpha value is -3.42. The molecule has 1 saturated carbocycles. The number of benzene rings is 2. The number of rotatable bonds is 5. The van der Waals surface area contributed by atoms with E-state index in [1.165, 1.54) is 18.2 Å². The van der Waals surface area contributed by atoms with E-state index in [-0.39, 0.29) is 23.7 Å². The van der Waals surface area contributed by atoms with E-state index >= 15 is 4.39 Å². The van der Waals surface area contributed by atoms with Crippen LogP contribution >= 0.6 is 0 Å². The molecule has 8 heteroatoms. The second-order valence-corrected chi connectivity index (χ2v) is 11.6. The molecule has 198 valence electrons. The summed E-state index contributed by atoms with van der Waals surface area (Å²) in [6.45, 7) is 5.66. The quantitative estimate of drug-likeness (QED) is 0.373. The molecule has 1 fully saturated rings. The molecule has 4 atom stereocenters. The summed E-state index contributed by atoms with van der Waals surface area (Å²) in [5, 5.41) is 9.45. The highest BCUT2D eigenvalue weighted by atomic mass is 19.4. The predicted molar refractivity (Wildman–Crippen MR) is 132 cm³/mol. The van der Waals surface area contributed by atoms with Crippen molar-refractivity contribution in [2.45, 2.75) is 63.1 Å². The highest BCUT2D eigenvalue weighted by Crippen LogP contribution is 2.66. The smallest absolute Gasteiger partial charge is 0.416 e. The van der Waals surface area contributed by atoms with Crippen LogP contribution < -0.4 is 4.74 Å². The molecule has 4 nitrogen and oxygen atoms in total. The number of halogens is 4. The van der Waals surface area contributed by atoms with Gasteiger partial charge in [-0.15, -0.1) is 0 Å². The zero-order chi connectivity index (χ0) is 27.2. The topological polar surface area (TPSA) is 59.4 Å². The Labute approximate surface area is 217 Å². The lowest BCUT2D eigenvalue weighted by atomic mass is 9.84. The highest BCUT2D eigenvalue weighted by molar-refractivity contribution is 5.80. The van der Waals surface area contributed by atoms with E-state index in [0.29, 0.717) is 29.8 Å². The highest BCUT2D eigenvalue weighted by Gasteiger charge is 2.69. The molecule has 1 aromatic heterocycles. The molecule has 2 aromatic carbocycles. The molecule has 0 radical (unpaired) electrons. The summed E-state index contributed by atoms with van der Waals surface area (Å²) < 4.78 is 62.5. The van der Waals surface area contributed by atoms with Crippen molar-refractivity contribution in [2.24, 2.45) is 11.8 Å². The minimum Gasteiger partial charge on any atom is -0.481 e. The average molecular weight is 526 g/mol. The number of carboxylic acids is 1. The lowest BCUT2D eigenvalue weighted by Crippen LogP contribution is -2.15. The Morgan fingerprint density at radius 1 is 1.11 bits per heavy atom. The van der Waals surface area contributed by atoms with E-state index in [1.54, 1.807) is 24.4 Å². The van der Waals surface area contributed by atoms with E-state index < -0.39 is 46.2 Å². The van der Waals surface area contributed by atoms with E-state index in [2.05, 4.69) is 4.98 Å². The number of hydrogen-bond acceptors (Lipinski definition) is 3. The van der Waals surface area contributed by atoms with Crippen molar-refractivity contribution in [1.29, 1.82) is 0 Å². The van der Waals surface area contributed by atoms with Crippen molar-refractivity contribution >= 4 is 5.97 Å². The predicted octanol–water partition coefficient (Wildman–Crippen LogP) is 6.78. The fourth-order valence-electron chi connectivity index (χ4n) is 7.01. The molecule has 3 aromatic rings. The summed E-state index contributed by atoms with van der Waals surface area (Å²) in [6, 6.07) is 10.4. The van der Waals surface area contributed by atoms with Crippen molar-refractivity contribution in [2.75, 3.05) is 0 Å². The summed E-state index contributed by atoms with van der Waals surface area (Å²) >= 11 is 0. The fraction of sp³-hybridized carbons (Fsp3) is 0.400. The molecule has 38 heavy (non-hydrogen) atoms. The van der Waals surface area contributed by atoms with Gasteiger partial charge < -0.3 is 9.84 Å². The normalized spacial score (nSPS) is 26.4. The molecule has 0 amide bonds. The second-order valence-electron chi connectivity index (χ2n) is 11.6. The van der Waals surface area contributed by atoms with Crippen molar-refractivity contribution in [3.63, 3.8) is 0 Å². The third kappa shape index (κ3) is 3.63. The average Bonchev–Trinajstić information content (AvgIpc) is 3.21. The fourth-order valence-corrected chi connectivity index (χ4v) is 7.01. The van der Waals surface area contributed by atoms with Gasteiger partial charge in [-0.1, -0.05) is 39.0 Å². The van der Waals surface area contributed by atoms with Crippen LogP contribution in [0.3, 0.4) is 0 Å². The van der Waals surface area contributed by atoms with Crippen LogP contribution in [0.5, 0.6) is 5.88 Å². The van der Waals surface area contributed by atoms with Crippen molar-refractivity contribution in [3.05, 3.63) is 93.4 Å². The molecule has 3 aliphatic rings. The molecule has 0 saturated heterocycles. The van der Waals surface area contributed by atoms with Gasteiger partial charge in [0.25, 0.3) is 0 Å². The number of carboxylic acid groups (broad SMARTS) is 1. The van der Waals surface area contributed by atoms with Gasteiger partial charge in [-0.25, -0.2) is 9.37 Å². The molecule has 1 N–H and O–H groups in total. The third-order valence-electron chi connectivity index (χ3n) is 9.02. The summed E-state index contributed by atoms with van der Waals surface area (Å²) in [6.07, 6.45) is -1.77. The van der Waals surface area contributed by atoms with E-state index in [1.807, 2.05) is 20.8 Å². The van der Waals surface area contributed by atoms with Crippen LogP contribution in [0.4, 0.5) is 17.6 Å². The first kappa shape index (κ1) is 24.9. The Morgan fingerprint density at radius 3 is 2.55 bits per heavy atom. The van der Waals surface area contributed by atoms with E-state index in [4.69, 9.17) is 4.74 Å². The summed E-state index contributed by atoms with van der Waals surface area (Å²) in [7, 11) is 0. The van der Waals surface area contributed by atoms with Gasteiger partial charge in [-0.05, 0) is 70.2 Å². The Bertz CT molecular complexity index is 1480. The van der Waals surface area contributed by atoms with Crippen LogP contribution in [-0.2, 0) is 34.8 Å². The first-order valence-corrected chi connectivity index (χ1v) is 12.7. The van der Waals surface area contributed by atoms with Crippen LogP contribution in [0.25, 0.3) is 0 Å². The Morgan fingerprint density at radius 2 is 1.84 bits per heavy atom. The summed E-state index contributed by atoms with van der Waals surface area (Å²) in [4.78, 5) is 15.9. The van der Waals surface area contributed by atoms with Gasteiger partial charge >= 0.3 is 12.1 Å². The zero-order valence-corrected chi connectivity index (χ0v) is 21.2. The van der Waals surface area contributed by atoms with Gasteiger partial charge in [0.1, 0.15) is 12.4 Å². The number of aliphatic carboxylic acids is 1. The molecule has 1 unspecified atom stereocenters. The van der Waals surface area contributed by atoms with Crippen molar-refractivity contribution in [3.8, 4) is 5.88 Å². The SMILES string of the molecule is CC1(C)CC(c2ccccc2C(F)(F)F)c2cc(COc3cc4c(cn3)[C@@]3(C)[C@@H](C4)[C@@H]3C(=O)O)c(F)cc21. The largest absolute Gasteiger partial charge is 0.481 e. The molecule has 0 spiro atoms. The Balaban J connectivity index is 1.28. The van der Waals surface area contributed by atoms with Gasteiger partial charge in [-0.2, -0.15) is 13.2 Å². The van der Waals surface area contributed by atoms with Crippen LogP contribution in [0, 0.1) is 17.7 Å². The maximum absolute atomic E-state index is 15.2. The summed E-state index contributed by atoms with van der Waals surface area (Å²) in [5.74, 6) is -1.84. The minimum absolute atomic E-state index is 0.0427. The molecule has 3 aliphatic carbocycles. The van der Waals surface area contributed by atoms with Gasteiger partial charge in [0, 0.05) is 29.2 Å². The number of carbonyl (C=O) groups is 1. The lowest BCUT2D eigenvalue weighted by molar-refractivity contribution is -0.139. The van der Waals surface area contributed by atoms with Gasteiger partial charge in [0.15, 0.2) is 0 Å². The van der Waals surface area contributed by atoms with Crippen LogP contribution in [-0.4, -0.2) is 16.1 Å². The molecular weight excluding hydrogens is 498 g/mol. The first-order valence-electron chi connectivity index (χ1n) is 12.7. The minimum atomic E-state index is -4.49. The second kappa shape index (κ2) is 8.04. The number of hydrogen-bond donors (Lipinski definition) is 1. The number of aromatic nitrogens is 1. The maximum Gasteiger partial charge on any atom is 0.416 e. The first-order chi connectivity index (χ1) is 17.8. The summed E-state index contributed by atoms with van der Waals surface area (Å²) in [5.41, 5.74) is 2.15. The van der Waals surface area contributed by atoms with Crippen molar-refractivity contribution < 1.29 is 32.2 Å². The zero-order valence-electron chi connectivity index (χ0n) is 21.2. The monoisotopic (exact) mass is 525 g/mol. The lowest BCUT2D eigenvalue weighted by Gasteiger charge is -2.21. The molecule has 1 heterocycles. The standard InChI is InChI=1S/C30H27F4NO3/c1-28(2)12-19(17-6-4-5-7-20(17)30(32,33)34)18-8-16(24(31)11-21(18)28)14-38-25-10-15-9-22-26(27(36)37)29(22,3)23(15)13-35-25/h4-8,10-11,13,19,22,26H,9,12,14H2,1-3H3,(H,36,37)/t19?,22-,26+,29+/m0/s1. The van der Waals surface area contributed by atoms with Crippen LogP contribution in [0.15, 0.2) is 48.7 Å². The number of nitrogens with zero attached hydrogens (tertiary/aromatic N) is 1. The van der Waals surface area contributed by atoms with Crippen LogP contribution in [0.1, 0.15) is 72.1 Å². The Kier molecular flexibility index (Phi) is 5.27. The van der Waals surface area contributed by atoms with Gasteiger partial charge in [0.05, 0.1) is 11.5 Å². The van der Waals surface area contributed by atoms with Crippen molar-refractivity contribution in [1.82, 2.24) is 4.98 Å². The van der Waals surface area contributed by atoms with E-state index in [0.717, 1.165) is 17.2 Å². The van der Waals surface area contributed by atoms with E-state index in [9.17, 15) is 23.1 Å². The number of fused-ring (bicyclic) bond motifs is 4. The number of pyridine rings is 1. The van der Waals surface area contributed by atoms with Gasteiger partial charge in [-0.3, -0.25) is 4.79 Å². The molecular formula is C30H27F4NO3. The molecule has 0 bridgehead atoms. The number of alkyl halides is 3. The molecule has 0 aliphatic heterocycles. The maximum atomic E-state index is 15.2. The third-order valence-corrected chi connectivity index (χ3v) is 9.02. The number of ether oxygens (including phenoxy) is 1. The van der Waals surface area contributed by atoms with Gasteiger partial charge in [0.2, 0.25) is 5.88 Å². The van der Waals surface area contributed by atoms with Crippen LogP contribution in [0.2, 0.25) is 0 Å².